The Morgan fingerprint density at radius 2 is 1.81 bits per heavy atom. The van der Waals surface area contributed by atoms with E-state index in [2.05, 4.69) is 24.4 Å². The molecule has 3 nitrogen and oxygen atoms in total. The Hall–Kier alpha value is -1.06. The van der Waals surface area contributed by atoms with Gasteiger partial charge in [-0.05, 0) is 43.5 Å². The first-order valence-corrected chi connectivity index (χ1v) is 8.42. The Bertz CT molecular complexity index is 371. The van der Waals surface area contributed by atoms with Crippen LogP contribution in [0.2, 0.25) is 0 Å². The quantitative estimate of drug-likeness (QED) is 0.700. The summed E-state index contributed by atoms with van der Waals surface area (Å²) in [6.45, 7) is 5.52. The maximum atomic E-state index is 5.86. The van der Waals surface area contributed by atoms with Crippen molar-refractivity contribution in [3.63, 3.8) is 0 Å². The number of benzene rings is 1. The molecule has 1 aromatic carbocycles. The minimum Gasteiger partial charge on any atom is -0.491 e. The van der Waals surface area contributed by atoms with Crippen molar-refractivity contribution in [1.82, 2.24) is 5.32 Å². The highest BCUT2D eigenvalue weighted by molar-refractivity contribution is 5.27. The van der Waals surface area contributed by atoms with Crippen LogP contribution in [-0.2, 0) is 11.3 Å². The molecule has 0 saturated heterocycles. The molecule has 1 fully saturated rings. The molecule has 118 valence electrons. The van der Waals surface area contributed by atoms with Gasteiger partial charge >= 0.3 is 0 Å². The van der Waals surface area contributed by atoms with Gasteiger partial charge in [0, 0.05) is 6.54 Å². The summed E-state index contributed by atoms with van der Waals surface area (Å²) < 4.78 is 11.6. The molecule has 1 aliphatic carbocycles. The van der Waals surface area contributed by atoms with E-state index in [-0.39, 0.29) is 0 Å². The van der Waals surface area contributed by atoms with Crippen molar-refractivity contribution < 1.29 is 9.47 Å². The number of nitrogens with one attached hydrogen (secondary N) is 1. The molecule has 0 spiro atoms. The van der Waals surface area contributed by atoms with E-state index in [9.17, 15) is 0 Å². The van der Waals surface area contributed by atoms with Crippen molar-refractivity contribution >= 4 is 0 Å². The number of ether oxygens (including phenoxy) is 2. The lowest BCUT2D eigenvalue weighted by atomic mass is 9.98. The molecule has 1 aliphatic rings. The second-order valence-corrected chi connectivity index (χ2v) is 5.80. The van der Waals surface area contributed by atoms with Crippen LogP contribution < -0.4 is 10.1 Å². The Morgan fingerprint density at radius 3 is 2.52 bits per heavy atom. The zero-order valence-electron chi connectivity index (χ0n) is 13.3. The molecule has 0 amide bonds. The molecule has 1 saturated carbocycles. The van der Waals surface area contributed by atoms with E-state index < -0.39 is 0 Å². The van der Waals surface area contributed by atoms with Crippen LogP contribution in [0.3, 0.4) is 0 Å². The van der Waals surface area contributed by atoms with Crippen molar-refractivity contribution in [2.45, 2.75) is 58.1 Å². The van der Waals surface area contributed by atoms with E-state index in [1.54, 1.807) is 0 Å². The summed E-state index contributed by atoms with van der Waals surface area (Å²) in [4.78, 5) is 0. The van der Waals surface area contributed by atoms with Crippen LogP contribution >= 0.6 is 0 Å². The topological polar surface area (TPSA) is 30.5 Å². The number of hydrogen-bond acceptors (Lipinski definition) is 3. The maximum absolute atomic E-state index is 5.86. The second-order valence-electron chi connectivity index (χ2n) is 5.80. The normalized spacial score (nSPS) is 16.0. The highest BCUT2D eigenvalue weighted by Crippen LogP contribution is 2.20. The first-order chi connectivity index (χ1) is 10.4. The Morgan fingerprint density at radius 1 is 1.05 bits per heavy atom. The molecule has 3 heteroatoms. The largest absolute Gasteiger partial charge is 0.491 e. The highest BCUT2D eigenvalue weighted by atomic mass is 16.5. The average Bonchev–Trinajstić information content (AvgIpc) is 2.54. The molecule has 0 heterocycles. The van der Waals surface area contributed by atoms with Gasteiger partial charge in [-0.15, -0.1) is 0 Å². The second kappa shape index (κ2) is 9.80. The molecule has 0 atom stereocenters. The summed E-state index contributed by atoms with van der Waals surface area (Å²) >= 11 is 0. The molecule has 0 aromatic heterocycles. The van der Waals surface area contributed by atoms with Crippen LogP contribution in [0, 0.1) is 0 Å². The maximum Gasteiger partial charge on any atom is 0.119 e. The van der Waals surface area contributed by atoms with E-state index >= 15 is 0 Å². The van der Waals surface area contributed by atoms with Gasteiger partial charge in [-0.2, -0.15) is 0 Å². The van der Waals surface area contributed by atoms with Gasteiger partial charge in [0.15, 0.2) is 0 Å². The van der Waals surface area contributed by atoms with Gasteiger partial charge in [-0.1, -0.05) is 38.3 Å². The number of rotatable bonds is 9. The molecule has 1 N–H and O–H groups in total. The SMILES string of the molecule is CCCNCc1ccc(OCCOC2CCCCC2)cc1. The molecule has 0 unspecified atom stereocenters. The third-order valence-corrected chi connectivity index (χ3v) is 3.94. The predicted molar refractivity (Wildman–Crippen MR) is 86.8 cm³/mol. The van der Waals surface area contributed by atoms with Crippen molar-refractivity contribution in [2.24, 2.45) is 0 Å². The van der Waals surface area contributed by atoms with Crippen LogP contribution in [0.15, 0.2) is 24.3 Å². The lowest BCUT2D eigenvalue weighted by molar-refractivity contribution is 0.0129. The highest BCUT2D eigenvalue weighted by Gasteiger charge is 2.13. The van der Waals surface area contributed by atoms with Gasteiger partial charge in [0.1, 0.15) is 12.4 Å². The molecule has 0 bridgehead atoms. The summed E-state index contributed by atoms with van der Waals surface area (Å²) in [5, 5.41) is 3.40. The monoisotopic (exact) mass is 291 g/mol. The average molecular weight is 291 g/mol. The zero-order chi connectivity index (χ0) is 14.8. The predicted octanol–water partition coefficient (Wildman–Crippen LogP) is 3.91. The van der Waals surface area contributed by atoms with Crippen LogP contribution in [0.4, 0.5) is 0 Å². The van der Waals surface area contributed by atoms with Crippen molar-refractivity contribution in [2.75, 3.05) is 19.8 Å². The van der Waals surface area contributed by atoms with E-state index in [4.69, 9.17) is 9.47 Å². The molecule has 21 heavy (non-hydrogen) atoms. The summed E-state index contributed by atoms with van der Waals surface area (Å²) in [5.41, 5.74) is 1.30. The fraction of sp³-hybridized carbons (Fsp3) is 0.667. The van der Waals surface area contributed by atoms with Crippen LogP contribution in [0.25, 0.3) is 0 Å². The van der Waals surface area contributed by atoms with E-state index in [1.165, 1.54) is 44.1 Å². The number of hydrogen-bond donors (Lipinski definition) is 1. The van der Waals surface area contributed by atoms with Gasteiger partial charge in [-0.3, -0.25) is 0 Å². The van der Waals surface area contributed by atoms with Gasteiger partial charge in [0.05, 0.1) is 12.7 Å². The van der Waals surface area contributed by atoms with Crippen LogP contribution in [-0.4, -0.2) is 25.9 Å². The first-order valence-electron chi connectivity index (χ1n) is 8.42. The Kier molecular flexibility index (Phi) is 7.61. The van der Waals surface area contributed by atoms with Crippen molar-refractivity contribution in [1.29, 1.82) is 0 Å². The minimum atomic E-state index is 0.467. The lowest BCUT2D eigenvalue weighted by Crippen LogP contribution is -2.19. The summed E-state index contributed by atoms with van der Waals surface area (Å²) in [5.74, 6) is 0.932. The van der Waals surface area contributed by atoms with E-state index in [0.29, 0.717) is 19.3 Å². The summed E-state index contributed by atoms with van der Waals surface area (Å²) in [7, 11) is 0. The molecule has 0 aliphatic heterocycles. The van der Waals surface area contributed by atoms with Gasteiger partial charge in [-0.25, -0.2) is 0 Å². The molecular formula is C18H29NO2. The zero-order valence-corrected chi connectivity index (χ0v) is 13.3. The Balaban J connectivity index is 1.59. The third-order valence-electron chi connectivity index (χ3n) is 3.94. The Labute approximate surface area is 129 Å². The van der Waals surface area contributed by atoms with Crippen molar-refractivity contribution in [3.05, 3.63) is 29.8 Å². The standard InChI is InChI=1S/C18H29NO2/c1-2-12-19-15-16-8-10-18(11-9-16)21-14-13-20-17-6-4-3-5-7-17/h8-11,17,19H,2-7,12-15H2,1H3. The third kappa shape index (κ3) is 6.49. The van der Waals surface area contributed by atoms with Gasteiger partial charge in [0.25, 0.3) is 0 Å². The van der Waals surface area contributed by atoms with Crippen molar-refractivity contribution in [3.8, 4) is 5.75 Å². The fourth-order valence-corrected chi connectivity index (χ4v) is 2.72. The van der Waals surface area contributed by atoms with Gasteiger partial charge in [0.2, 0.25) is 0 Å². The van der Waals surface area contributed by atoms with Crippen LogP contribution in [0.5, 0.6) is 5.75 Å². The van der Waals surface area contributed by atoms with Gasteiger partial charge < -0.3 is 14.8 Å². The lowest BCUT2D eigenvalue weighted by Gasteiger charge is -2.21. The van der Waals surface area contributed by atoms with E-state index in [1.807, 2.05) is 12.1 Å². The molecule has 1 aromatic rings. The molecular weight excluding hydrogens is 262 g/mol. The fourth-order valence-electron chi connectivity index (χ4n) is 2.72. The molecule has 0 radical (unpaired) electrons. The smallest absolute Gasteiger partial charge is 0.119 e. The first kappa shape index (κ1) is 16.3. The van der Waals surface area contributed by atoms with E-state index in [0.717, 1.165) is 18.8 Å². The summed E-state index contributed by atoms with van der Waals surface area (Å²) in [6, 6.07) is 8.34. The minimum absolute atomic E-state index is 0.467. The molecule has 2 rings (SSSR count). The van der Waals surface area contributed by atoms with Crippen LogP contribution in [0.1, 0.15) is 51.0 Å². The summed E-state index contributed by atoms with van der Waals surface area (Å²) in [6.07, 6.45) is 8.09.